The summed E-state index contributed by atoms with van der Waals surface area (Å²) in [5.74, 6) is 0. The minimum Gasteiger partial charge on any atom is -0.379 e. The molecule has 1 aromatic rings. The van der Waals surface area contributed by atoms with E-state index >= 15 is 0 Å². The molecule has 72 valence electrons. The Balaban J connectivity index is 2.13. The van der Waals surface area contributed by atoms with Crippen LogP contribution in [0.1, 0.15) is 24.8 Å². The van der Waals surface area contributed by atoms with Gasteiger partial charge < -0.3 is 10.8 Å². The SMILES string of the molecule is NC(O)CCCCc1ccccc1. The van der Waals surface area contributed by atoms with Crippen molar-refractivity contribution in [3.63, 3.8) is 0 Å². The molecule has 2 nitrogen and oxygen atoms in total. The smallest absolute Gasteiger partial charge is 0.102 e. The Morgan fingerprint density at radius 3 is 2.46 bits per heavy atom. The number of unbranched alkanes of at least 4 members (excludes halogenated alkanes) is 1. The molecule has 0 fully saturated rings. The third-order valence-electron chi connectivity index (χ3n) is 2.06. The van der Waals surface area contributed by atoms with E-state index in [1.807, 2.05) is 18.2 Å². The molecule has 1 rings (SSSR count). The minimum absolute atomic E-state index is 0.643. The van der Waals surface area contributed by atoms with Crippen molar-refractivity contribution in [2.75, 3.05) is 0 Å². The maximum absolute atomic E-state index is 8.83. The number of rotatable bonds is 5. The average Bonchev–Trinajstić information content (AvgIpc) is 2.14. The van der Waals surface area contributed by atoms with Gasteiger partial charge in [-0.2, -0.15) is 0 Å². The van der Waals surface area contributed by atoms with Crippen LogP contribution in [-0.2, 0) is 6.42 Å². The van der Waals surface area contributed by atoms with Gasteiger partial charge in [0.15, 0.2) is 0 Å². The quantitative estimate of drug-likeness (QED) is 0.533. The topological polar surface area (TPSA) is 46.2 Å². The molecule has 0 spiro atoms. The Morgan fingerprint density at radius 2 is 1.85 bits per heavy atom. The third-order valence-corrected chi connectivity index (χ3v) is 2.06. The molecule has 0 aliphatic carbocycles. The number of aliphatic hydroxyl groups is 1. The van der Waals surface area contributed by atoms with E-state index in [9.17, 15) is 0 Å². The van der Waals surface area contributed by atoms with Crippen molar-refractivity contribution in [2.45, 2.75) is 31.9 Å². The van der Waals surface area contributed by atoms with E-state index in [1.165, 1.54) is 5.56 Å². The lowest BCUT2D eigenvalue weighted by atomic mass is 10.1. The van der Waals surface area contributed by atoms with Crippen LogP contribution in [0, 0.1) is 0 Å². The lowest BCUT2D eigenvalue weighted by molar-refractivity contribution is 0.168. The predicted molar refractivity (Wildman–Crippen MR) is 54.2 cm³/mol. The molecule has 0 aliphatic heterocycles. The van der Waals surface area contributed by atoms with Gasteiger partial charge in [0.25, 0.3) is 0 Å². The highest BCUT2D eigenvalue weighted by Gasteiger charge is 1.96. The van der Waals surface area contributed by atoms with Gasteiger partial charge in [-0.15, -0.1) is 0 Å². The zero-order valence-corrected chi connectivity index (χ0v) is 7.82. The summed E-state index contributed by atoms with van der Waals surface area (Å²) in [6.45, 7) is 0. The molecule has 0 heterocycles. The Hall–Kier alpha value is -0.860. The van der Waals surface area contributed by atoms with Crippen LogP contribution >= 0.6 is 0 Å². The standard InChI is InChI=1S/C11H17NO/c12-11(13)9-5-4-8-10-6-2-1-3-7-10/h1-3,6-7,11,13H,4-5,8-9,12H2. The van der Waals surface area contributed by atoms with Crippen molar-refractivity contribution >= 4 is 0 Å². The van der Waals surface area contributed by atoms with E-state index in [1.54, 1.807) is 0 Å². The molecule has 0 radical (unpaired) electrons. The molecular formula is C11H17NO. The largest absolute Gasteiger partial charge is 0.379 e. The first kappa shape index (κ1) is 10.2. The van der Waals surface area contributed by atoms with Gasteiger partial charge in [0.1, 0.15) is 6.23 Å². The fourth-order valence-electron chi connectivity index (χ4n) is 1.33. The van der Waals surface area contributed by atoms with Crippen LogP contribution < -0.4 is 5.73 Å². The highest BCUT2D eigenvalue weighted by Crippen LogP contribution is 2.06. The van der Waals surface area contributed by atoms with Crippen LogP contribution in [0.2, 0.25) is 0 Å². The summed E-state index contributed by atoms with van der Waals surface area (Å²) in [7, 11) is 0. The van der Waals surface area contributed by atoms with Crippen LogP contribution in [0.5, 0.6) is 0 Å². The van der Waals surface area contributed by atoms with Gasteiger partial charge in [-0.1, -0.05) is 30.3 Å². The monoisotopic (exact) mass is 179 g/mol. The highest BCUT2D eigenvalue weighted by molar-refractivity contribution is 5.14. The summed E-state index contributed by atoms with van der Waals surface area (Å²) in [5.41, 5.74) is 6.58. The van der Waals surface area contributed by atoms with Crippen molar-refractivity contribution in [1.82, 2.24) is 0 Å². The molecule has 1 aromatic carbocycles. The maximum Gasteiger partial charge on any atom is 0.102 e. The molecule has 13 heavy (non-hydrogen) atoms. The summed E-state index contributed by atoms with van der Waals surface area (Å²) in [5, 5.41) is 8.83. The normalized spacial score (nSPS) is 12.8. The molecule has 0 saturated heterocycles. The van der Waals surface area contributed by atoms with Gasteiger partial charge >= 0.3 is 0 Å². The van der Waals surface area contributed by atoms with E-state index in [2.05, 4.69) is 12.1 Å². The zero-order valence-electron chi connectivity index (χ0n) is 7.82. The lowest BCUT2D eigenvalue weighted by Gasteiger charge is -2.03. The van der Waals surface area contributed by atoms with Gasteiger partial charge in [-0.25, -0.2) is 0 Å². The van der Waals surface area contributed by atoms with E-state index in [4.69, 9.17) is 10.8 Å². The highest BCUT2D eigenvalue weighted by atomic mass is 16.3. The summed E-state index contributed by atoms with van der Waals surface area (Å²) < 4.78 is 0. The number of benzene rings is 1. The second kappa shape index (κ2) is 5.73. The second-order valence-electron chi connectivity index (χ2n) is 3.30. The van der Waals surface area contributed by atoms with Crippen LogP contribution in [0.4, 0.5) is 0 Å². The van der Waals surface area contributed by atoms with Crippen molar-refractivity contribution in [2.24, 2.45) is 5.73 Å². The van der Waals surface area contributed by atoms with Crippen LogP contribution in [-0.4, -0.2) is 11.3 Å². The van der Waals surface area contributed by atoms with E-state index in [-0.39, 0.29) is 0 Å². The predicted octanol–water partition coefficient (Wildman–Crippen LogP) is 1.68. The molecule has 3 N–H and O–H groups in total. The van der Waals surface area contributed by atoms with Gasteiger partial charge in [0, 0.05) is 0 Å². The third kappa shape index (κ3) is 4.65. The summed E-state index contributed by atoms with van der Waals surface area (Å²) in [6, 6.07) is 10.4. The molecule has 1 unspecified atom stereocenters. The molecule has 2 heteroatoms. The van der Waals surface area contributed by atoms with Crippen LogP contribution in [0.3, 0.4) is 0 Å². The summed E-state index contributed by atoms with van der Waals surface area (Å²) >= 11 is 0. The average molecular weight is 179 g/mol. The molecule has 0 aliphatic rings. The molecule has 0 saturated carbocycles. The number of hydrogen-bond donors (Lipinski definition) is 2. The van der Waals surface area contributed by atoms with Crippen molar-refractivity contribution in [3.8, 4) is 0 Å². The minimum atomic E-state index is -0.643. The summed E-state index contributed by atoms with van der Waals surface area (Å²) in [6.07, 6.45) is 3.22. The Bertz CT molecular complexity index is 221. The first-order valence-electron chi connectivity index (χ1n) is 4.76. The van der Waals surface area contributed by atoms with E-state index < -0.39 is 6.23 Å². The fraction of sp³-hybridized carbons (Fsp3) is 0.455. The van der Waals surface area contributed by atoms with Crippen molar-refractivity contribution in [1.29, 1.82) is 0 Å². The van der Waals surface area contributed by atoms with Crippen molar-refractivity contribution in [3.05, 3.63) is 35.9 Å². The Kier molecular flexibility index (Phi) is 4.50. The first-order valence-corrected chi connectivity index (χ1v) is 4.76. The van der Waals surface area contributed by atoms with Crippen molar-refractivity contribution < 1.29 is 5.11 Å². The van der Waals surface area contributed by atoms with E-state index in [0.717, 1.165) is 19.3 Å². The number of aliphatic hydroxyl groups excluding tert-OH is 1. The molecule has 0 aromatic heterocycles. The molecule has 0 bridgehead atoms. The van der Waals surface area contributed by atoms with E-state index in [0.29, 0.717) is 6.42 Å². The van der Waals surface area contributed by atoms with Gasteiger partial charge in [0.05, 0.1) is 0 Å². The molecule has 0 amide bonds. The Labute approximate surface area is 79.4 Å². The van der Waals surface area contributed by atoms with Crippen LogP contribution in [0.25, 0.3) is 0 Å². The van der Waals surface area contributed by atoms with Gasteiger partial charge in [0.2, 0.25) is 0 Å². The van der Waals surface area contributed by atoms with Gasteiger partial charge in [-0.05, 0) is 31.2 Å². The fourth-order valence-corrected chi connectivity index (χ4v) is 1.33. The Morgan fingerprint density at radius 1 is 1.15 bits per heavy atom. The summed E-state index contributed by atoms with van der Waals surface area (Å²) in [4.78, 5) is 0. The van der Waals surface area contributed by atoms with Gasteiger partial charge in [-0.3, -0.25) is 0 Å². The second-order valence-corrected chi connectivity index (χ2v) is 3.30. The number of nitrogens with two attached hydrogens (primary N) is 1. The van der Waals surface area contributed by atoms with Crippen LogP contribution in [0.15, 0.2) is 30.3 Å². The molecule has 1 atom stereocenters. The number of hydrogen-bond acceptors (Lipinski definition) is 2. The first-order chi connectivity index (χ1) is 6.29. The number of aryl methyl sites for hydroxylation is 1. The maximum atomic E-state index is 8.83. The zero-order chi connectivity index (χ0) is 9.52. The lowest BCUT2D eigenvalue weighted by Crippen LogP contribution is -2.17. The molecular weight excluding hydrogens is 162 g/mol.